The summed E-state index contributed by atoms with van der Waals surface area (Å²) in [6, 6.07) is 8.30. The first kappa shape index (κ1) is 19.7. The van der Waals surface area contributed by atoms with Crippen molar-refractivity contribution in [3.63, 3.8) is 0 Å². The van der Waals surface area contributed by atoms with Gasteiger partial charge in [0, 0.05) is 33.2 Å². The summed E-state index contributed by atoms with van der Waals surface area (Å²) in [6.07, 6.45) is 5.74. The molecule has 2 aliphatic rings. The maximum Gasteiger partial charge on any atom is 0.289 e. The van der Waals surface area contributed by atoms with Gasteiger partial charge >= 0.3 is 0 Å². The Balaban J connectivity index is 1.61. The van der Waals surface area contributed by atoms with E-state index in [1.54, 1.807) is 4.90 Å². The fraction of sp³-hybridized carbons (Fsp3) is 0.522. The van der Waals surface area contributed by atoms with Crippen LogP contribution in [0, 0.1) is 0 Å². The molecule has 6 heteroatoms. The lowest BCUT2D eigenvalue weighted by Gasteiger charge is -2.28. The molecule has 154 valence electrons. The zero-order valence-corrected chi connectivity index (χ0v) is 17.5. The Morgan fingerprint density at radius 3 is 2.69 bits per heavy atom. The summed E-state index contributed by atoms with van der Waals surface area (Å²) >= 11 is 0. The largest absolute Gasteiger partial charge is 0.339 e. The van der Waals surface area contributed by atoms with Gasteiger partial charge in [-0.25, -0.2) is 4.98 Å². The molecule has 2 amide bonds. The average Bonchev–Trinajstić information content (AvgIpc) is 3.15. The monoisotopic (exact) mass is 394 g/mol. The third-order valence-corrected chi connectivity index (χ3v) is 6.12. The average molecular weight is 395 g/mol. The number of hydrogen-bond acceptors (Lipinski definition) is 3. The number of rotatable bonds is 5. The summed E-state index contributed by atoms with van der Waals surface area (Å²) in [7, 11) is 1.82. The molecule has 6 nitrogen and oxygen atoms in total. The second-order valence-electron chi connectivity index (χ2n) is 8.17. The van der Waals surface area contributed by atoms with Crippen LogP contribution in [0.15, 0.2) is 24.3 Å². The number of carbonyl (C=O) groups excluding carboxylic acids is 2. The standard InChI is InChI=1S/C23H30N4O2/c1-3-4-13-25(2)23(29)21-24-20(19-11-7-8-14-27(19)21)22(28)26-15-12-17-9-5-6-10-18(17)16-26/h5-6,9-10H,3-4,7-8,11-16H2,1-2H3. The summed E-state index contributed by atoms with van der Waals surface area (Å²) < 4.78 is 2.00. The van der Waals surface area contributed by atoms with E-state index in [9.17, 15) is 9.59 Å². The second-order valence-corrected chi connectivity index (χ2v) is 8.17. The molecule has 0 radical (unpaired) electrons. The van der Waals surface area contributed by atoms with Crippen molar-refractivity contribution in [1.82, 2.24) is 19.4 Å². The van der Waals surface area contributed by atoms with Crippen molar-refractivity contribution in [1.29, 1.82) is 0 Å². The Morgan fingerprint density at radius 2 is 1.90 bits per heavy atom. The number of nitrogens with zero attached hydrogens (tertiary/aromatic N) is 4. The van der Waals surface area contributed by atoms with Gasteiger partial charge in [-0.15, -0.1) is 0 Å². The highest BCUT2D eigenvalue weighted by Gasteiger charge is 2.32. The van der Waals surface area contributed by atoms with Gasteiger partial charge in [-0.2, -0.15) is 0 Å². The van der Waals surface area contributed by atoms with E-state index in [0.29, 0.717) is 31.2 Å². The Labute approximate surface area is 172 Å². The number of carbonyl (C=O) groups is 2. The SMILES string of the molecule is CCCCN(C)C(=O)c1nc(C(=O)N2CCc3ccccc3C2)c2n1CCCC2. The van der Waals surface area contributed by atoms with Gasteiger partial charge in [0.1, 0.15) is 5.69 Å². The molecular weight excluding hydrogens is 364 g/mol. The highest BCUT2D eigenvalue weighted by molar-refractivity contribution is 5.97. The zero-order valence-electron chi connectivity index (χ0n) is 17.5. The van der Waals surface area contributed by atoms with Crippen LogP contribution in [0.2, 0.25) is 0 Å². The van der Waals surface area contributed by atoms with E-state index in [0.717, 1.165) is 50.8 Å². The predicted molar refractivity (Wildman–Crippen MR) is 112 cm³/mol. The van der Waals surface area contributed by atoms with E-state index in [4.69, 9.17) is 0 Å². The summed E-state index contributed by atoms with van der Waals surface area (Å²) in [6.45, 7) is 4.90. The van der Waals surface area contributed by atoms with Gasteiger partial charge in [-0.3, -0.25) is 9.59 Å². The number of fused-ring (bicyclic) bond motifs is 2. The topological polar surface area (TPSA) is 58.4 Å². The third-order valence-electron chi connectivity index (χ3n) is 6.12. The summed E-state index contributed by atoms with van der Waals surface area (Å²) in [5.41, 5.74) is 3.94. The van der Waals surface area contributed by atoms with Crippen molar-refractivity contribution in [2.45, 2.75) is 58.5 Å². The third kappa shape index (κ3) is 3.80. The van der Waals surface area contributed by atoms with Gasteiger partial charge in [0.25, 0.3) is 11.8 Å². The molecule has 0 saturated carbocycles. The van der Waals surface area contributed by atoms with Gasteiger partial charge in [0.2, 0.25) is 0 Å². The number of unbranched alkanes of at least 4 members (excludes halogenated alkanes) is 1. The normalized spacial score (nSPS) is 15.6. The van der Waals surface area contributed by atoms with Crippen molar-refractivity contribution in [2.24, 2.45) is 0 Å². The van der Waals surface area contributed by atoms with Crippen molar-refractivity contribution < 1.29 is 9.59 Å². The number of amides is 2. The molecule has 29 heavy (non-hydrogen) atoms. The maximum absolute atomic E-state index is 13.4. The Kier molecular flexibility index (Phi) is 5.69. The molecule has 1 aromatic heterocycles. The lowest BCUT2D eigenvalue weighted by atomic mass is 9.99. The maximum atomic E-state index is 13.4. The van der Waals surface area contributed by atoms with Crippen LogP contribution in [0.4, 0.5) is 0 Å². The van der Waals surface area contributed by atoms with E-state index < -0.39 is 0 Å². The molecule has 1 aromatic carbocycles. The fourth-order valence-electron chi connectivity index (χ4n) is 4.36. The van der Waals surface area contributed by atoms with E-state index in [2.05, 4.69) is 30.1 Å². The van der Waals surface area contributed by atoms with Crippen molar-refractivity contribution >= 4 is 11.8 Å². The minimum Gasteiger partial charge on any atom is -0.339 e. The first-order valence-electron chi connectivity index (χ1n) is 10.8. The van der Waals surface area contributed by atoms with Crippen LogP contribution in [-0.4, -0.2) is 51.3 Å². The fourth-order valence-corrected chi connectivity index (χ4v) is 4.36. The van der Waals surface area contributed by atoms with E-state index in [1.165, 1.54) is 11.1 Å². The minimum atomic E-state index is -0.0790. The molecule has 0 spiro atoms. The van der Waals surface area contributed by atoms with Crippen LogP contribution in [0.25, 0.3) is 0 Å². The second kappa shape index (κ2) is 8.39. The van der Waals surface area contributed by atoms with Crippen molar-refractivity contribution in [3.8, 4) is 0 Å². The zero-order chi connectivity index (χ0) is 20.4. The summed E-state index contributed by atoms with van der Waals surface area (Å²) in [4.78, 5) is 34.7. The van der Waals surface area contributed by atoms with E-state index in [1.807, 2.05) is 22.6 Å². The van der Waals surface area contributed by atoms with Gasteiger partial charge < -0.3 is 14.4 Å². The lowest BCUT2D eigenvalue weighted by molar-refractivity contribution is 0.0727. The predicted octanol–water partition coefficient (Wildman–Crippen LogP) is 3.29. The summed E-state index contributed by atoms with van der Waals surface area (Å²) in [5, 5.41) is 0. The van der Waals surface area contributed by atoms with E-state index >= 15 is 0 Å². The molecule has 0 unspecified atom stereocenters. The number of hydrogen-bond donors (Lipinski definition) is 0. The Bertz CT molecular complexity index is 918. The molecule has 0 saturated heterocycles. The van der Waals surface area contributed by atoms with Gasteiger partial charge in [0.15, 0.2) is 5.82 Å². The first-order valence-corrected chi connectivity index (χ1v) is 10.8. The van der Waals surface area contributed by atoms with Crippen LogP contribution in [0.3, 0.4) is 0 Å². The smallest absolute Gasteiger partial charge is 0.289 e. The number of benzene rings is 1. The summed E-state index contributed by atoms with van der Waals surface area (Å²) in [5.74, 6) is 0.309. The lowest BCUT2D eigenvalue weighted by Crippen LogP contribution is -2.36. The van der Waals surface area contributed by atoms with Crippen molar-refractivity contribution in [2.75, 3.05) is 20.1 Å². The van der Waals surface area contributed by atoms with Gasteiger partial charge in [-0.05, 0) is 43.2 Å². The Morgan fingerprint density at radius 1 is 1.10 bits per heavy atom. The quantitative estimate of drug-likeness (QED) is 0.782. The molecule has 0 N–H and O–H groups in total. The molecule has 3 heterocycles. The molecule has 0 fully saturated rings. The van der Waals surface area contributed by atoms with Gasteiger partial charge in [-0.1, -0.05) is 37.6 Å². The number of imidazole rings is 1. The Hall–Kier alpha value is -2.63. The van der Waals surface area contributed by atoms with Gasteiger partial charge in [0.05, 0.1) is 5.69 Å². The number of aromatic nitrogens is 2. The molecule has 0 bridgehead atoms. The highest BCUT2D eigenvalue weighted by Crippen LogP contribution is 2.25. The highest BCUT2D eigenvalue weighted by atomic mass is 16.2. The molecule has 2 aliphatic heterocycles. The molecular formula is C23H30N4O2. The van der Waals surface area contributed by atoms with Crippen LogP contribution < -0.4 is 0 Å². The van der Waals surface area contributed by atoms with Crippen LogP contribution in [0.5, 0.6) is 0 Å². The molecule has 4 rings (SSSR count). The van der Waals surface area contributed by atoms with Crippen LogP contribution >= 0.6 is 0 Å². The molecule has 0 atom stereocenters. The minimum absolute atomic E-state index is 0.0413. The first-order chi connectivity index (χ1) is 14.1. The van der Waals surface area contributed by atoms with E-state index in [-0.39, 0.29) is 11.8 Å². The molecule has 0 aliphatic carbocycles. The van der Waals surface area contributed by atoms with Crippen LogP contribution in [0.1, 0.15) is 70.5 Å². The van der Waals surface area contributed by atoms with Crippen LogP contribution in [-0.2, 0) is 25.9 Å². The molecule has 2 aromatic rings. The van der Waals surface area contributed by atoms with Crippen molar-refractivity contribution in [3.05, 3.63) is 52.6 Å².